The number of nitrogens with zero attached hydrogens (tertiary/aromatic N) is 3. The van der Waals surface area contributed by atoms with Gasteiger partial charge in [0.15, 0.2) is 16.7 Å². The van der Waals surface area contributed by atoms with E-state index in [1.807, 2.05) is 37.3 Å². The smallest absolute Gasteiger partial charge is 0.266 e. The molecule has 0 aliphatic heterocycles. The third-order valence-electron chi connectivity index (χ3n) is 5.01. The summed E-state index contributed by atoms with van der Waals surface area (Å²) in [4.78, 5) is 30.3. The highest BCUT2D eigenvalue weighted by Gasteiger charge is 2.15. The molecule has 0 aliphatic carbocycles. The fraction of sp³-hybridized carbons (Fsp3) is 0.120. The minimum absolute atomic E-state index is 0.0158. The Balaban J connectivity index is 1.55. The molecule has 0 radical (unpaired) electrons. The van der Waals surface area contributed by atoms with Crippen molar-refractivity contribution < 1.29 is 14.6 Å². The van der Waals surface area contributed by atoms with Crippen molar-refractivity contribution in [3.63, 3.8) is 0 Å². The highest BCUT2D eigenvalue weighted by molar-refractivity contribution is 7.99. The first kappa shape index (κ1) is 23.1. The summed E-state index contributed by atoms with van der Waals surface area (Å²) in [5.74, 6) is -0.165. The summed E-state index contributed by atoms with van der Waals surface area (Å²) in [6, 6.07) is 19.6. The number of fused-ring (bicyclic) bond motifs is 1. The number of aryl methyl sites for hydroxylation is 1. The number of carbonyl (C=O) groups is 1. The van der Waals surface area contributed by atoms with Crippen molar-refractivity contribution in [3.05, 3.63) is 88.2 Å². The second-order valence-electron chi connectivity index (χ2n) is 7.37. The van der Waals surface area contributed by atoms with Gasteiger partial charge >= 0.3 is 0 Å². The molecule has 3 aromatic carbocycles. The second kappa shape index (κ2) is 10.2. The molecule has 172 valence electrons. The number of amides is 1. The zero-order valence-corrected chi connectivity index (χ0v) is 19.4. The lowest BCUT2D eigenvalue weighted by atomic mass is 10.2. The molecule has 0 atom stereocenters. The van der Waals surface area contributed by atoms with Crippen LogP contribution in [0.15, 0.2) is 81.8 Å². The molecule has 4 rings (SSSR count). The molecule has 0 saturated carbocycles. The molecule has 0 bridgehead atoms. The van der Waals surface area contributed by atoms with Gasteiger partial charge in [-0.1, -0.05) is 47.7 Å². The van der Waals surface area contributed by atoms with Gasteiger partial charge in [0.1, 0.15) is 0 Å². The van der Waals surface area contributed by atoms with Gasteiger partial charge in [-0.25, -0.2) is 10.4 Å². The van der Waals surface area contributed by atoms with Crippen molar-refractivity contribution in [2.45, 2.75) is 12.1 Å². The Labute approximate surface area is 199 Å². The topological polar surface area (TPSA) is 106 Å². The zero-order valence-electron chi connectivity index (χ0n) is 18.6. The zero-order chi connectivity index (χ0) is 24.1. The summed E-state index contributed by atoms with van der Waals surface area (Å²) in [5.41, 5.74) is 4.92. The summed E-state index contributed by atoms with van der Waals surface area (Å²) in [7, 11) is 1.45. The predicted molar refractivity (Wildman–Crippen MR) is 133 cm³/mol. The number of hydrazone groups is 1. The van der Waals surface area contributed by atoms with E-state index < -0.39 is 0 Å². The monoisotopic (exact) mass is 474 g/mol. The van der Waals surface area contributed by atoms with Gasteiger partial charge in [0.2, 0.25) is 0 Å². The normalized spacial score (nSPS) is 11.1. The maximum absolute atomic E-state index is 13.2. The predicted octanol–water partition coefficient (Wildman–Crippen LogP) is 3.65. The lowest BCUT2D eigenvalue weighted by molar-refractivity contribution is -0.118. The van der Waals surface area contributed by atoms with E-state index >= 15 is 0 Å². The first-order valence-electron chi connectivity index (χ1n) is 10.4. The fourth-order valence-corrected chi connectivity index (χ4v) is 4.08. The Hall–Kier alpha value is -4.11. The average Bonchev–Trinajstić information content (AvgIpc) is 2.85. The number of carbonyl (C=O) groups excluding carboxylic acids is 1. The van der Waals surface area contributed by atoms with Gasteiger partial charge in [-0.05, 0) is 43.3 Å². The van der Waals surface area contributed by atoms with Gasteiger partial charge in [-0.3, -0.25) is 14.2 Å². The van der Waals surface area contributed by atoms with Crippen LogP contribution in [0.5, 0.6) is 11.5 Å². The van der Waals surface area contributed by atoms with E-state index in [0.717, 1.165) is 17.3 Å². The number of hydrogen-bond donors (Lipinski definition) is 2. The Kier molecular flexibility index (Phi) is 6.93. The first-order valence-corrected chi connectivity index (χ1v) is 11.4. The Bertz CT molecular complexity index is 1430. The van der Waals surface area contributed by atoms with E-state index in [-0.39, 0.29) is 23.0 Å². The Morgan fingerprint density at radius 2 is 1.91 bits per heavy atom. The van der Waals surface area contributed by atoms with Crippen LogP contribution >= 0.6 is 11.8 Å². The van der Waals surface area contributed by atoms with Crippen LogP contribution in [0, 0.1) is 6.92 Å². The number of nitrogens with one attached hydrogen (secondary N) is 1. The minimum Gasteiger partial charge on any atom is -0.504 e. The number of thioether (sulfide) groups is 1. The number of hydrogen-bond acceptors (Lipinski definition) is 7. The summed E-state index contributed by atoms with van der Waals surface area (Å²) in [6.07, 6.45) is 1.33. The van der Waals surface area contributed by atoms with Crippen LogP contribution in [0.1, 0.15) is 11.1 Å². The maximum atomic E-state index is 13.2. The highest BCUT2D eigenvalue weighted by atomic mass is 32.2. The van der Waals surface area contributed by atoms with Crippen LogP contribution < -0.4 is 15.7 Å². The molecule has 1 aromatic heterocycles. The maximum Gasteiger partial charge on any atom is 0.266 e. The number of para-hydroxylation sites is 2. The molecule has 34 heavy (non-hydrogen) atoms. The third kappa shape index (κ3) is 4.94. The van der Waals surface area contributed by atoms with E-state index in [2.05, 4.69) is 15.5 Å². The lowest BCUT2D eigenvalue weighted by Gasteiger charge is -2.13. The summed E-state index contributed by atoms with van der Waals surface area (Å²) >= 11 is 1.14. The van der Waals surface area contributed by atoms with Crippen LogP contribution in [0.2, 0.25) is 0 Å². The van der Waals surface area contributed by atoms with Crippen molar-refractivity contribution in [1.29, 1.82) is 0 Å². The van der Waals surface area contributed by atoms with Crippen molar-refractivity contribution in [1.82, 2.24) is 15.0 Å². The molecule has 2 N–H and O–H groups in total. The number of aromatic nitrogens is 2. The van der Waals surface area contributed by atoms with Crippen LogP contribution in [-0.2, 0) is 4.79 Å². The summed E-state index contributed by atoms with van der Waals surface area (Å²) in [5, 5.41) is 14.9. The Morgan fingerprint density at radius 3 is 2.68 bits per heavy atom. The van der Waals surface area contributed by atoms with E-state index in [1.165, 1.54) is 17.9 Å². The largest absolute Gasteiger partial charge is 0.504 e. The molecule has 0 unspecified atom stereocenters. The van der Waals surface area contributed by atoms with Gasteiger partial charge in [0.05, 0.1) is 35.7 Å². The van der Waals surface area contributed by atoms with Crippen molar-refractivity contribution in [2.75, 3.05) is 12.9 Å². The fourth-order valence-electron chi connectivity index (χ4n) is 3.28. The molecule has 0 saturated heterocycles. The highest BCUT2D eigenvalue weighted by Crippen LogP contribution is 2.28. The van der Waals surface area contributed by atoms with Crippen molar-refractivity contribution in [3.8, 4) is 17.2 Å². The number of ether oxygens (including phenoxy) is 1. The molecule has 0 spiro atoms. The van der Waals surface area contributed by atoms with E-state index in [9.17, 15) is 14.7 Å². The number of phenolic OH excluding ortho intramolecular Hbond substituents is 1. The minimum atomic E-state index is -0.388. The van der Waals surface area contributed by atoms with Crippen LogP contribution in [0.3, 0.4) is 0 Å². The SMILES string of the molecule is COc1cccc(/C=N\NC(=O)CSc2nc3ccccc3c(=O)n2-c2ccc(C)cc2)c1O. The number of benzene rings is 3. The molecule has 1 amide bonds. The average molecular weight is 475 g/mol. The molecule has 4 aromatic rings. The second-order valence-corrected chi connectivity index (χ2v) is 8.31. The van der Waals surface area contributed by atoms with Gasteiger partial charge in [0, 0.05) is 5.56 Å². The van der Waals surface area contributed by atoms with E-state index in [1.54, 1.807) is 36.4 Å². The summed E-state index contributed by atoms with van der Waals surface area (Å²) < 4.78 is 6.57. The quantitative estimate of drug-likeness (QED) is 0.183. The number of rotatable bonds is 7. The molecule has 9 heteroatoms. The molecule has 0 aliphatic rings. The molecular formula is C25H22N4O4S. The number of aromatic hydroxyl groups is 1. The number of methoxy groups -OCH3 is 1. The molecular weight excluding hydrogens is 452 g/mol. The Morgan fingerprint density at radius 1 is 1.15 bits per heavy atom. The van der Waals surface area contributed by atoms with Gasteiger partial charge in [-0.2, -0.15) is 5.10 Å². The number of phenols is 1. The van der Waals surface area contributed by atoms with Crippen LogP contribution in [0.25, 0.3) is 16.6 Å². The lowest BCUT2D eigenvalue weighted by Crippen LogP contribution is -2.24. The first-order chi connectivity index (χ1) is 16.5. The van der Waals surface area contributed by atoms with Gasteiger partial charge in [0.25, 0.3) is 11.5 Å². The summed E-state index contributed by atoms with van der Waals surface area (Å²) in [6.45, 7) is 1.97. The standard InChI is InChI=1S/C25H22N4O4S/c1-16-10-12-18(13-11-16)29-24(32)19-7-3-4-8-20(19)27-25(29)34-15-22(30)28-26-14-17-6-5-9-21(33-2)23(17)31/h3-14,31H,15H2,1-2H3,(H,28,30)/b26-14-. The van der Waals surface area contributed by atoms with Crippen molar-refractivity contribution >= 4 is 34.8 Å². The molecule has 0 fully saturated rings. The van der Waals surface area contributed by atoms with Crippen LogP contribution in [-0.4, -0.2) is 39.6 Å². The van der Waals surface area contributed by atoms with Gasteiger partial charge in [-0.15, -0.1) is 0 Å². The van der Waals surface area contributed by atoms with E-state index in [4.69, 9.17) is 4.74 Å². The third-order valence-corrected chi connectivity index (χ3v) is 5.95. The molecule has 8 nitrogen and oxygen atoms in total. The van der Waals surface area contributed by atoms with Gasteiger partial charge < -0.3 is 9.84 Å². The van der Waals surface area contributed by atoms with Crippen molar-refractivity contribution in [2.24, 2.45) is 5.10 Å². The van der Waals surface area contributed by atoms with Crippen LogP contribution in [0.4, 0.5) is 0 Å². The van der Waals surface area contributed by atoms with E-state index in [0.29, 0.717) is 33.1 Å². The molecule has 1 heterocycles.